The minimum absolute atomic E-state index is 0.286. The monoisotopic (exact) mass is 143 g/mol. The van der Waals surface area contributed by atoms with E-state index >= 15 is 0 Å². The molecular formula is C5H9N3O2. The topological polar surface area (TPSA) is 65.9 Å². The van der Waals surface area contributed by atoms with Gasteiger partial charge in [-0.15, -0.1) is 0 Å². The zero-order chi connectivity index (χ0) is 7.78. The fourth-order valence-electron chi connectivity index (χ4n) is 0.460. The average Bonchev–Trinajstić information content (AvgIpc) is 2.11. The predicted molar refractivity (Wildman–Crippen MR) is 28.9 cm³/mol. The van der Waals surface area contributed by atoms with Crippen LogP contribution in [0.5, 0.6) is 6.08 Å². The van der Waals surface area contributed by atoms with Gasteiger partial charge in [-0.1, -0.05) is 0 Å². The number of nitrogens with zero attached hydrogens (tertiary/aromatic N) is 3. The fourth-order valence-corrected chi connectivity index (χ4v) is 0.460. The van der Waals surface area contributed by atoms with Crippen LogP contribution in [-0.4, -0.2) is 10.4 Å². The molecule has 0 radical (unpaired) electrons. The second-order valence-corrected chi connectivity index (χ2v) is 3.00. The van der Waals surface area contributed by atoms with Gasteiger partial charge in [0.2, 0.25) is 11.6 Å². The molecule has 5 heteroatoms. The summed E-state index contributed by atoms with van der Waals surface area (Å²) in [5.74, 6) is 0. The van der Waals surface area contributed by atoms with Crippen LogP contribution in [0, 0.1) is 0 Å². The first-order chi connectivity index (χ1) is 4.50. The molecule has 0 N–H and O–H groups in total. The van der Waals surface area contributed by atoms with E-state index in [2.05, 4.69) is 14.9 Å². The third kappa shape index (κ3) is 1.23. The van der Waals surface area contributed by atoms with Crippen molar-refractivity contribution in [2.24, 2.45) is 0 Å². The maximum absolute atomic E-state index is 10.4. The van der Waals surface area contributed by atoms with E-state index in [4.69, 9.17) is 0 Å². The summed E-state index contributed by atoms with van der Waals surface area (Å²) in [6.07, 6.45) is -0.657. The van der Waals surface area contributed by atoms with E-state index in [1.54, 1.807) is 0 Å². The summed E-state index contributed by atoms with van der Waals surface area (Å²) in [4.78, 5) is 1.25. The smallest absolute Gasteiger partial charge is 0.247 e. The number of aromatic nitrogens is 3. The molecule has 10 heavy (non-hydrogen) atoms. The first-order valence-corrected chi connectivity index (χ1v) is 2.94. The Hall–Kier alpha value is -1.13. The Balaban J connectivity index is 2.96. The largest absolute Gasteiger partial charge is 0.523 e. The van der Waals surface area contributed by atoms with Crippen molar-refractivity contribution >= 4 is 0 Å². The van der Waals surface area contributed by atoms with E-state index in [0.717, 1.165) is 0 Å². The SMILES string of the molecule is CC(C)(C)[n+]1noc([O-])n1. The summed E-state index contributed by atoms with van der Waals surface area (Å²) in [6, 6.07) is 0. The lowest BCUT2D eigenvalue weighted by Crippen LogP contribution is -2.54. The van der Waals surface area contributed by atoms with E-state index in [0.29, 0.717) is 0 Å². The van der Waals surface area contributed by atoms with Crippen molar-refractivity contribution in [3.05, 3.63) is 0 Å². The van der Waals surface area contributed by atoms with Crippen LogP contribution in [0.3, 0.4) is 0 Å². The van der Waals surface area contributed by atoms with Crippen LogP contribution in [0.25, 0.3) is 0 Å². The van der Waals surface area contributed by atoms with Crippen LogP contribution >= 0.6 is 0 Å². The summed E-state index contributed by atoms with van der Waals surface area (Å²) < 4.78 is 4.24. The lowest BCUT2D eigenvalue weighted by atomic mass is 10.1. The van der Waals surface area contributed by atoms with Crippen molar-refractivity contribution < 1.29 is 14.4 Å². The van der Waals surface area contributed by atoms with Crippen LogP contribution in [0.4, 0.5) is 0 Å². The molecule has 0 aliphatic rings. The molecule has 0 bridgehead atoms. The van der Waals surface area contributed by atoms with Gasteiger partial charge in [0.1, 0.15) is 5.27 Å². The lowest BCUT2D eigenvalue weighted by molar-refractivity contribution is -0.860. The Morgan fingerprint density at radius 1 is 1.50 bits per heavy atom. The standard InChI is InChI=1S/C5H9N3O2/c1-5(2,3)8-6-4(9)10-7-8/h1-3H3. The third-order valence-corrected chi connectivity index (χ3v) is 0.973. The normalized spacial score (nSPS) is 11.9. The molecule has 0 unspecified atom stereocenters. The quantitative estimate of drug-likeness (QED) is 0.445. The molecule has 0 saturated heterocycles. The fraction of sp³-hybridized carbons (Fsp3) is 0.800. The van der Waals surface area contributed by atoms with E-state index in [1.165, 1.54) is 4.80 Å². The average molecular weight is 143 g/mol. The van der Waals surface area contributed by atoms with Crippen LogP contribution in [0.2, 0.25) is 0 Å². The molecule has 0 spiro atoms. The predicted octanol–water partition coefficient (Wildman–Crippen LogP) is -0.814. The van der Waals surface area contributed by atoms with Gasteiger partial charge in [0.25, 0.3) is 0 Å². The maximum Gasteiger partial charge on any atom is 0.247 e. The first kappa shape index (κ1) is 6.98. The Kier molecular flexibility index (Phi) is 1.35. The molecule has 0 aromatic carbocycles. The molecule has 5 nitrogen and oxygen atoms in total. The van der Waals surface area contributed by atoms with Crippen molar-refractivity contribution in [2.45, 2.75) is 26.3 Å². The van der Waals surface area contributed by atoms with Crippen LogP contribution in [0.1, 0.15) is 20.8 Å². The second kappa shape index (κ2) is 1.93. The van der Waals surface area contributed by atoms with Crippen molar-refractivity contribution in [1.82, 2.24) is 10.4 Å². The van der Waals surface area contributed by atoms with E-state index in [9.17, 15) is 5.11 Å². The summed E-state index contributed by atoms with van der Waals surface area (Å²) in [7, 11) is 0. The zero-order valence-electron chi connectivity index (χ0n) is 6.16. The molecule has 1 heterocycles. The van der Waals surface area contributed by atoms with Gasteiger partial charge in [-0.05, 0) is 0 Å². The van der Waals surface area contributed by atoms with Gasteiger partial charge in [-0.25, -0.2) is 0 Å². The molecule has 0 amide bonds. The van der Waals surface area contributed by atoms with E-state index < -0.39 is 6.08 Å². The molecule has 1 aromatic rings. The van der Waals surface area contributed by atoms with Gasteiger partial charge in [0.05, 0.1) is 0 Å². The Morgan fingerprint density at radius 2 is 2.10 bits per heavy atom. The Labute approximate surface area is 58.2 Å². The molecule has 0 atom stereocenters. The second-order valence-electron chi connectivity index (χ2n) is 3.00. The Morgan fingerprint density at radius 3 is 2.30 bits per heavy atom. The zero-order valence-corrected chi connectivity index (χ0v) is 6.16. The highest BCUT2D eigenvalue weighted by atomic mass is 16.6. The van der Waals surface area contributed by atoms with Crippen molar-refractivity contribution in [1.29, 1.82) is 0 Å². The van der Waals surface area contributed by atoms with Gasteiger partial charge in [0, 0.05) is 30.7 Å². The van der Waals surface area contributed by atoms with E-state index in [-0.39, 0.29) is 5.54 Å². The van der Waals surface area contributed by atoms with Crippen molar-refractivity contribution in [3.63, 3.8) is 0 Å². The third-order valence-electron chi connectivity index (χ3n) is 0.973. The molecule has 0 fully saturated rings. The number of hydrogen-bond donors (Lipinski definition) is 0. The lowest BCUT2D eigenvalue weighted by Gasteiger charge is -2.02. The van der Waals surface area contributed by atoms with E-state index in [1.807, 2.05) is 20.8 Å². The summed E-state index contributed by atoms with van der Waals surface area (Å²) in [5, 5.41) is 17.2. The van der Waals surface area contributed by atoms with Gasteiger partial charge < -0.3 is 9.63 Å². The summed E-state index contributed by atoms with van der Waals surface area (Å²) >= 11 is 0. The molecular weight excluding hydrogens is 134 g/mol. The molecule has 0 aliphatic carbocycles. The molecule has 1 aromatic heterocycles. The van der Waals surface area contributed by atoms with Gasteiger partial charge >= 0.3 is 0 Å². The first-order valence-electron chi connectivity index (χ1n) is 2.94. The van der Waals surface area contributed by atoms with Crippen molar-refractivity contribution in [3.8, 4) is 6.08 Å². The highest BCUT2D eigenvalue weighted by Crippen LogP contribution is 2.01. The maximum atomic E-state index is 10.4. The Bertz CT molecular complexity index is 225. The van der Waals surface area contributed by atoms with Gasteiger partial charge in [-0.3, -0.25) is 0 Å². The highest BCUT2D eigenvalue weighted by Gasteiger charge is 2.26. The molecule has 0 saturated carbocycles. The van der Waals surface area contributed by atoms with Crippen LogP contribution in [-0.2, 0) is 5.54 Å². The minimum Gasteiger partial charge on any atom is -0.523 e. The molecule has 1 rings (SSSR count). The summed E-state index contributed by atoms with van der Waals surface area (Å²) in [6.45, 7) is 5.63. The van der Waals surface area contributed by atoms with Crippen LogP contribution < -0.4 is 9.90 Å². The van der Waals surface area contributed by atoms with Crippen LogP contribution in [0.15, 0.2) is 4.52 Å². The minimum atomic E-state index is -0.657. The van der Waals surface area contributed by atoms with Crippen molar-refractivity contribution in [2.75, 3.05) is 0 Å². The molecule has 56 valence electrons. The van der Waals surface area contributed by atoms with Gasteiger partial charge in [-0.2, -0.15) is 0 Å². The number of rotatable bonds is 0. The van der Waals surface area contributed by atoms with Gasteiger partial charge in [0.15, 0.2) is 0 Å². The molecule has 0 aliphatic heterocycles. The summed E-state index contributed by atoms with van der Waals surface area (Å²) in [5.41, 5.74) is -0.286. The highest BCUT2D eigenvalue weighted by molar-refractivity contribution is 4.61. The number of hydrogen-bond acceptors (Lipinski definition) is 4.